The van der Waals surface area contributed by atoms with Crippen LogP contribution < -0.4 is 5.56 Å². The molecule has 0 aliphatic heterocycles. The lowest BCUT2D eigenvalue weighted by molar-refractivity contribution is 0.0659. The van der Waals surface area contributed by atoms with Gasteiger partial charge in [-0.25, -0.2) is 0 Å². The van der Waals surface area contributed by atoms with Crippen molar-refractivity contribution in [2.24, 2.45) is 0 Å². The van der Waals surface area contributed by atoms with Crippen molar-refractivity contribution >= 4 is 17.0 Å². The number of carbonyl (C=O) groups excluding carboxylic acids is 1. The molecule has 0 N–H and O–H groups in total. The lowest BCUT2D eigenvalue weighted by Gasteiger charge is -2.32. The number of rotatable bonds is 9. The van der Waals surface area contributed by atoms with Gasteiger partial charge in [0, 0.05) is 12.1 Å². The Morgan fingerprint density at radius 3 is 2.21 bits per heavy atom. The summed E-state index contributed by atoms with van der Waals surface area (Å²) in [7, 11) is 0. The molecule has 5 rings (SSSR count). The molecular formula is C32H32N4O3. The van der Waals surface area contributed by atoms with Crippen LogP contribution in [0.5, 0.6) is 0 Å². The van der Waals surface area contributed by atoms with E-state index in [1.54, 1.807) is 11.5 Å². The summed E-state index contributed by atoms with van der Waals surface area (Å²) < 4.78 is 7.13. The molecule has 0 spiro atoms. The molecule has 0 radical (unpaired) electrons. The van der Waals surface area contributed by atoms with E-state index in [0.29, 0.717) is 48.4 Å². The van der Waals surface area contributed by atoms with E-state index in [9.17, 15) is 9.59 Å². The Bertz CT molecular complexity index is 1620. The quantitative estimate of drug-likeness (QED) is 0.242. The van der Waals surface area contributed by atoms with E-state index in [1.807, 2.05) is 91.5 Å². The Morgan fingerprint density at radius 2 is 1.56 bits per heavy atom. The van der Waals surface area contributed by atoms with Gasteiger partial charge in [-0.3, -0.25) is 14.2 Å². The Morgan fingerprint density at radius 1 is 0.923 bits per heavy atom. The Kier molecular flexibility index (Phi) is 7.68. The Labute approximate surface area is 227 Å². The third kappa shape index (κ3) is 5.53. The van der Waals surface area contributed by atoms with Gasteiger partial charge in [0.2, 0.25) is 0 Å². The number of carbonyl (C=O) groups is 1. The molecule has 1 atom stereocenters. The normalized spacial score (nSPS) is 12.0. The molecule has 0 saturated carbocycles. The molecule has 0 bridgehead atoms. The summed E-state index contributed by atoms with van der Waals surface area (Å²) in [6.07, 6.45) is 1.23. The van der Waals surface area contributed by atoms with Crippen LogP contribution in [0.3, 0.4) is 0 Å². The van der Waals surface area contributed by atoms with Crippen LogP contribution in [-0.2, 0) is 13.0 Å². The maximum Gasteiger partial charge on any atom is 0.267 e. The maximum absolute atomic E-state index is 14.0. The van der Waals surface area contributed by atoms with Crippen molar-refractivity contribution in [2.45, 2.75) is 46.2 Å². The number of aromatic nitrogens is 3. The minimum Gasteiger partial charge on any atom is -0.335 e. The predicted octanol–water partition coefficient (Wildman–Crippen LogP) is 5.89. The van der Waals surface area contributed by atoms with Crippen molar-refractivity contribution in [2.75, 3.05) is 6.54 Å². The van der Waals surface area contributed by atoms with Gasteiger partial charge in [-0.05, 0) is 49.9 Å². The van der Waals surface area contributed by atoms with Gasteiger partial charge >= 0.3 is 0 Å². The summed E-state index contributed by atoms with van der Waals surface area (Å²) >= 11 is 0. The largest absolute Gasteiger partial charge is 0.335 e. The van der Waals surface area contributed by atoms with Gasteiger partial charge < -0.3 is 9.42 Å². The SMILES string of the molecule is CCC(c1nc2onc(C)c2c(=O)n1Cc1ccccc1)N(CCc1ccccc1)C(=O)c1ccc(C)cc1. The molecular weight excluding hydrogens is 488 g/mol. The second kappa shape index (κ2) is 11.5. The lowest BCUT2D eigenvalue weighted by atomic mass is 10.1. The standard InChI is InChI=1S/C32H32N4O3/c1-4-27(35(20-19-24-11-7-5-8-12-24)31(37)26-17-15-22(2)16-18-26)29-33-30-28(23(3)34-39-30)32(38)36(29)21-25-13-9-6-10-14-25/h5-18,27H,4,19-21H2,1-3H3. The first-order valence-electron chi connectivity index (χ1n) is 13.3. The van der Waals surface area contributed by atoms with Gasteiger partial charge in [-0.15, -0.1) is 0 Å². The van der Waals surface area contributed by atoms with Gasteiger partial charge in [0.15, 0.2) is 0 Å². The average molecular weight is 521 g/mol. The molecule has 198 valence electrons. The van der Waals surface area contributed by atoms with Crippen LogP contribution in [0.25, 0.3) is 11.1 Å². The molecule has 1 unspecified atom stereocenters. The number of aryl methyl sites for hydroxylation is 2. The molecule has 0 aliphatic rings. The number of nitrogens with zero attached hydrogens (tertiary/aromatic N) is 4. The highest BCUT2D eigenvalue weighted by molar-refractivity contribution is 5.94. The van der Waals surface area contributed by atoms with Crippen molar-refractivity contribution in [3.05, 3.63) is 129 Å². The smallest absolute Gasteiger partial charge is 0.267 e. The number of benzene rings is 3. The fourth-order valence-electron chi connectivity index (χ4n) is 4.95. The molecule has 0 aliphatic carbocycles. The number of fused-ring (bicyclic) bond motifs is 1. The number of hydrogen-bond donors (Lipinski definition) is 0. The van der Waals surface area contributed by atoms with Gasteiger partial charge in [-0.2, -0.15) is 4.98 Å². The third-order valence-corrected chi connectivity index (χ3v) is 7.08. The summed E-state index contributed by atoms with van der Waals surface area (Å²) in [6, 6.07) is 27.0. The predicted molar refractivity (Wildman–Crippen MR) is 152 cm³/mol. The lowest BCUT2D eigenvalue weighted by Crippen LogP contribution is -2.40. The summed E-state index contributed by atoms with van der Waals surface area (Å²) in [5, 5.41) is 4.38. The molecule has 2 aromatic heterocycles. The molecule has 7 heteroatoms. The van der Waals surface area contributed by atoms with Crippen LogP contribution >= 0.6 is 0 Å². The summed E-state index contributed by atoms with van der Waals surface area (Å²) in [5.41, 5.74) is 4.25. The van der Waals surface area contributed by atoms with E-state index in [2.05, 4.69) is 17.3 Å². The molecule has 1 amide bonds. The van der Waals surface area contributed by atoms with E-state index in [0.717, 1.165) is 16.7 Å². The first-order valence-corrected chi connectivity index (χ1v) is 13.3. The van der Waals surface area contributed by atoms with Crippen LogP contribution in [0.15, 0.2) is 94.2 Å². The fourth-order valence-corrected chi connectivity index (χ4v) is 4.95. The van der Waals surface area contributed by atoms with Gasteiger partial charge in [0.1, 0.15) is 11.2 Å². The van der Waals surface area contributed by atoms with Crippen LogP contribution in [-0.4, -0.2) is 32.1 Å². The molecule has 3 aromatic carbocycles. The van der Waals surface area contributed by atoms with Crippen molar-refractivity contribution in [1.29, 1.82) is 0 Å². The maximum atomic E-state index is 14.0. The highest BCUT2D eigenvalue weighted by Gasteiger charge is 2.30. The van der Waals surface area contributed by atoms with Crippen LogP contribution in [0.2, 0.25) is 0 Å². The van der Waals surface area contributed by atoms with Crippen LogP contribution in [0.1, 0.15) is 58.0 Å². The Hall–Kier alpha value is -4.52. The molecule has 39 heavy (non-hydrogen) atoms. The van der Waals surface area contributed by atoms with E-state index < -0.39 is 6.04 Å². The zero-order valence-corrected chi connectivity index (χ0v) is 22.5. The van der Waals surface area contributed by atoms with Crippen LogP contribution in [0, 0.1) is 13.8 Å². The minimum absolute atomic E-state index is 0.105. The third-order valence-electron chi connectivity index (χ3n) is 7.08. The Balaban J connectivity index is 1.63. The first kappa shape index (κ1) is 26.1. The molecule has 7 nitrogen and oxygen atoms in total. The summed E-state index contributed by atoms with van der Waals surface area (Å²) in [5.74, 6) is 0.385. The van der Waals surface area contributed by atoms with Crippen molar-refractivity contribution in [3.63, 3.8) is 0 Å². The highest BCUT2D eigenvalue weighted by Crippen LogP contribution is 2.27. The monoisotopic (exact) mass is 520 g/mol. The van der Waals surface area contributed by atoms with E-state index in [1.165, 1.54) is 0 Å². The second-order valence-electron chi connectivity index (χ2n) is 9.82. The van der Waals surface area contributed by atoms with Gasteiger partial charge in [-0.1, -0.05) is 90.4 Å². The number of amides is 1. The summed E-state index contributed by atoms with van der Waals surface area (Å²) in [4.78, 5) is 34.6. The molecule has 2 heterocycles. The molecule has 0 fully saturated rings. The average Bonchev–Trinajstić information content (AvgIpc) is 3.34. The van der Waals surface area contributed by atoms with Crippen molar-refractivity contribution in [1.82, 2.24) is 19.6 Å². The van der Waals surface area contributed by atoms with Gasteiger partial charge in [0.05, 0.1) is 18.3 Å². The second-order valence-corrected chi connectivity index (χ2v) is 9.82. The zero-order chi connectivity index (χ0) is 27.4. The molecule has 5 aromatic rings. The topological polar surface area (TPSA) is 81.2 Å². The number of hydrogen-bond acceptors (Lipinski definition) is 5. The zero-order valence-electron chi connectivity index (χ0n) is 22.5. The van der Waals surface area contributed by atoms with Gasteiger partial charge in [0.25, 0.3) is 17.2 Å². The molecule has 0 saturated heterocycles. The van der Waals surface area contributed by atoms with Crippen LogP contribution in [0.4, 0.5) is 0 Å². The van der Waals surface area contributed by atoms with E-state index >= 15 is 0 Å². The highest BCUT2D eigenvalue weighted by atomic mass is 16.5. The van der Waals surface area contributed by atoms with Crippen molar-refractivity contribution in [3.8, 4) is 0 Å². The van der Waals surface area contributed by atoms with Crippen molar-refractivity contribution < 1.29 is 9.32 Å². The fraction of sp³-hybridized carbons (Fsp3) is 0.250. The minimum atomic E-state index is -0.464. The first-order chi connectivity index (χ1) is 19.0. The summed E-state index contributed by atoms with van der Waals surface area (Å²) in [6.45, 7) is 6.54. The van der Waals surface area contributed by atoms with E-state index in [-0.39, 0.29) is 17.2 Å². The van der Waals surface area contributed by atoms with E-state index in [4.69, 9.17) is 9.51 Å².